The zero-order chi connectivity index (χ0) is 23.5. The molecule has 6 heteroatoms. The highest BCUT2D eigenvalue weighted by Crippen LogP contribution is 2.36. The molecule has 1 aliphatic heterocycles. The Bertz CT molecular complexity index is 716. The predicted molar refractivity (Wildman–Crippen MR) is 127 cm³/mol. The summed E-state index contributed by atoms with van der Waals surface area (Å²) in [6, 6.07) is 20.1. The van der Waals surface area contributed by atoms with Gasteiger partial charge in [-0.25, -0.2) is 0 Å². The van der Waals surface area contributed by atoms with Gasteiger partial charge in [0.1, 0.15) is 12.2 Å². The highest BCUT2D eigenvalue weighted by molar-refractivity contribution is 5.14. The first-order chi connectivity index (χ1) is 16.0. The number of benzene rings is 2. The highest BCUT2D eigenvalue weighted by atomic mass is 16.8. The van der Waals surface area contributed by atoms with Crippen molar-refractivity contribution in [2.45, 2.75) is 82.9 Å². The van der Waals surface area contributed by atoms with Gasteiger partial charge in [0.2, 0.25) is 0 Å². The zero-order valence-electron chi connectivity index (χ0n) is 19.8. The van der Waals surface area contributed by atoms with E-state index in [4.69, 9.17) is 18.9 Å². The van der Waals surface area contributed by atoms with Crippen molar-refractivity contribution in [3.63, 3.8) is 0 Å². The zero-order valence-corrected chi connectivity index (χ0v) is 19.8. The smallest absolute Gasteiger partial charge is 0.164 e. The molecule has 1 heterocycles. The Morgan fingerprint density at radius 3 is 1.48 bits per heavy atom. The van der Waals surface area contributed by atoms with Crippen LogP contribution in [0.25, 0.3) is 0 Å². The van der Waals surface area contributed by atoms with Gasteiger partial charge in [-0.1, -0.05) is 60.7 Å². The minimum atomic E-state index is -0.781. The van der Waals surface area contributed by atoms with Crippen LogP contribution < -0.4 is 0 Å². The van der Waals surface area contributed by atoms with Crippen molar-refractivity contribution in [3.05, 3.63) is 71.8 Å². The second kappa shape index (κ2) is 13.2. The van der Waals surface area contributed by atoms with Gasteiger partial charge >= 0.3 is 0 Å². The summed E-state index contributed by atoms with van der Waals surface area (Å²) in [5.74, 6) is -0.781. The Hall–Kier alpha value is -1.80. The molecule has 0 saturated carbocycles. The number of aliphatic hydroxyl groups is 2. The molecule has 3 rings (SSSR count). The van der Waals surface area contributed by atoms with E-state index >= 15 is 0 Å². The van der Waals surface area contributed by atoms with Crippen LogP contribution in [0.5, 0.6) is 0 Å². The second-order valence-corrected chi connectivity index (χ2v) is 8.97. The lowest BCUT2D eigenvalue weighted by Crippen LogP contribution is -2.44. The number of hydrogen-bond donors (Lipinski definition) is 2. The van der Waals surface area contributed by atoms with Crippen molar-refractivity contribution in [1.29, 1.82) is 0 Å². The van der Waals surface area contributed by atoms with E-state index in [1.165, 1.54) is 0 Å². The number of ether oxygens (including phenoxy) is 4. The lowest BCUT2D eigenvalue weighted by molar-refractivity contribution is -0.167. The molecule has 2 N–H and O–H groups in total. The minimum Gasteiger partial charge on any atom is -0.396 e. The van der Waals surface area contributed by atoms with Crippen LogP contribution in [0.4, 0.5) is 0 Å². The van der Waals surface area contributed by atoms with Gasteiger partial charge in [-0.2, -0.15) is 0 Å². The molecule has 1 fully saturated rings. The maximum Gasteiger partial charge on any atom is 0.164 e. The molecule has 0 aliphatic carbocycles. The van der Waals surface area contributed by atoms with E-state index in [2.05, 4.69) is 0 Å². The molecule has 0 aromatic heterocycles. The maximum absolute atomic E-state index is 9.47. The van der Waals surface area contributed by atoms with Crippen LogP contribution in [0.15, 0.2) is 60.7 Å². The van der Waals surface area contributed by atoms with E-state index in [0.717, 1.165) is 11.1 Å². The van der Waals surface area contributed by atoms with Crippen molar-refractivity contribution in [3.8, 4) is 0 Å². The molecule has 0 unspecified atom stereocenters. The fourth-order valence-corrected chi connectivity index (χ4v) is 4.22. The van der Waals surface area contributed by atoms with Crippen LogP contribution in [-0.2, 0) is 32.2 Å². The molecule has 182 valence electrons. The Kier molecular flexibility index (Phi) is 10.3. The molecule has 33 heavy (non-hydrogen) atoms. The average Bonchev–Trinajstić information content (AvgIpc) is 3.15. The molecule has 2 aromatic carbocycles. The van der Waals surface area contributed by atoms with Crippen LogP contribution >= 0.6 is 0 Å². The molecular formula is C27H38O6. The van der Waals surface area contributed by atoms with E-state index in [1.54, 1.807) is 0 Å². The highest BCUT2D eigenvalue weighted by Gasteiger charge is 2.49. The second-order valence-electron chi connectivity index (χ2n) is 8.97. The third-order valence-electron chi connectivity index (χ3n) is 5.80. The van der Waals surface area contributed by atoms with Gasteiger partial charge in [-0.15, -0.1) is 0 Å². The minimum absolute atomic E-state index is 0.0886. The lowest BCUT2D eigenvalue weighted by atomic mass is 9.96. The molecule has 0 spiro atoms. The van der Waals surface area contributed by atoms with Gasteiger partial charge in [-0.05, 0) is 50.7 Å². The van der Waals surface area contributed by atoms with Gasteiger partial charge < -0.3 is 29.2 Å². The molecule has 1 aliphatic rings. The van der Waals surface area contributed by atoms with Crippen molar-refractivity contribution >= 4 is 0 Å². The number of aliphatic hydroxyl groups excluding tert-OH is 2. The molecule has 2 aromatic rings. The lowest BCUT2D eigenvalue weighted by Gasteiger charge is -2.31. The summed E-state index contributed by atoms with van der Waals surface area (Å²) in [7, 11) is 0. The quantitative estimate of drug-likeness (QED) is 0.441. The van der Waals surface area contributed by atoms with E-state index < -0.39 is 5.79 Å². The Balaban J connectivity index is 1.76. The van der Waals surface area contributed by atoms with Crippen LogP contribution in [-0.4, -0.2) is 53.6 Å². The third kappa shape index (κ3) is 8.18. The number of hydrogen-bond acceptors (Lipinski definition) is 6. The first-order valence-corrected chi connectivity index (χ1v) is 11.9. The Morgan fingerprint density at radius 2 is 1.12 bits per heavy atom. The van der Waals surface area contributed by atoms with E-state index in [1.807, 2.05) is 74.5 Å². The summed E-state index contributed by atoms with van der Waals surface area (Å²) in [5, 5.41) is 18.9. The first-order valence-electron chi connectivity index (χ1n) is 11.9. The predicted octanol–water partition coefficient (Wildman–Crippen LogP) is 4.22. The van der Waals surface area contributed by atoms with E-state index in [0.29, 0.717) is 38.9 Å². The van der Waals surface area contributed by atoms with Crippen molar-refractivity contribution in [2.75, 3.05) is 13.2 Å². The van der Waals surface area contributed by atoms with E-state index in [-0.39, 0.29) is 37.6 Å². The molecule has 4 atom stereocenters. The molecule has 6 nitrogen and oxygen atoms in total. The largest absolute Gasteiger partial charge is 0.396 e. The Morgan fingerprint density at radius 1 is 0.727 bits per heavy atom. The molecule has 0 radical (unpaired) electrons. The standard InChI is InChI=1S/C27H38O6/c1-27(2)32-25(23(15-9-17-28)30-19-21-11-5-3-6-12-21)26(33-27)24(16-10-18-29)31-20-22-13-7-4-8-14-22/h3-8,11-14,23-26,28-29H,9-10,15-20H2,1-2H3/t23-,24-,25+,26+/m1/s1. The SMILES string of the molecule is CC1(C)O[C@@H]([C@@H](CCCO)OCc2ccccc2)[C@H]([C@@H](CCCO)OCc2ccccc2)O1. The molecule has 0 bridgehead atoms. The summed E-state index contributed by atoms with van der Waals surface area (Å²) in [6.07, 6.45) is 1.29. The van der Waals surface area contributed by atoms with Crippen LogP contribution in [0.1, 0.15) is 50.7 Å². The van der Waals surface area contributed by atoms with Gasteiger partial charge in [0.25, 0.3) is 0 Å². The van der Waals surface area contributed by atoms with E-state index in [9.17, 15) is 10.2 Å². The summed E-state index contributed by atoms with van der Waals surface area (Å²) >= 11 is 0. The fraction of sp³-hybridized carbons (Fsp3) is 0.556. The van der Waals surface area contributed by atoms with Crippen LogP contribution in [0.2, 0.25) is 0 Å². The first kappa shape index (κ1) is 25.8. The molecule has 1 saturated heterocycles. The van der Waals surface area contributed by atoms with Crippen molar-refractivity contribution in [1.82, 2.24) is 0 Å². The summed E-state index contributed by atoms with van der Waals surface area (Å²) in [4.78, 5) is 0. The van der Waals surface area contributed by atoms with Crippen molar-refractivity contribution < 1.29 is 29.2 Å². The monoisotopic (exact) mass is 458 g/mol. The fourth-order valence-electron chi connectivity index (χ4n) is 4.22. The number of rotatable bonds is 14. The summed E-state index contributed by atoms with van der Waals surface area (Å²) in [6.45, 7) is 4.89. The van der Waals surface area contributed by atoms with Crippen LogP contribution in [0.3, 0.4) is 0 Å². The average molecular weight is 459 g/mol. The normalized spacial score (nSPS) is 21.7. The van der Waals surface area contributed by atoms with Crippen LogP contribution in [0, 0.1) is 0 Å². The van der Waals surface area contributed by atoms with Gasteiger partial charge in [0, 0.05) is 13.2 Å². The summed E-state index contributed by atoms with van der Waals surface area (Å²) < 4.78 is 25.4. The molecule has 0 amide bonds. The third-order valence-corrected chi connectivity index (χ3v) is 5.80. The van der Waals surface area contributed by atoms with Gasteiger partial charge in [0.15, 0.2) is 5.79 Å². The molecular weight excluding hydrogens is 420 g/mol. The maximum atomic E-state index is 9.47. The van der Waals surface area contributed by atoms with Gasteiger partial charge in [-0.3, -0.25) is 0 Å². The van der Waals surface area contributed by atoms with Crippen molar-refractivity contribution in [2.24, 2.45) is 0 Å². The van der Waals surface area contributed by atoms with Gasteiger partial charge in [0.05, 0.1) is 25.4 Å². The summed E-state index contributed by atoms with van der Waals surface area (Å²) in [5.41, 5.74) is 2.16. The topological polar surface area (TPSA) is 77.4 Å². The Labute approximate surface area is 197 Å².